The van der Waals surface area contributed by atoms with Crippen molar-refractivity contribution in [2.45, 2.75) is 38.5 Å². The number of likely N-dealkylation sites (tertiary alicyclic amines) is 1. The first-order chi connectivity index (χ1) is 14.8. The number of piperidine rings is 1. The Bertz CT molecular complexity index is 998. The highest BCUT2D eigenvalue weighted by Gasteiger charge is 2.23. The molecule has 7 heteroatoms. The van der Waals surface area contributed by atoms with Gasteiger partial charge in [-0.1, -0.05) is 0 Å². The highest BCUT2D eigenvalue weighted by molar-refractivity contribution is 7.19. The van der Waals surface area contributed by atoms with Gasteiger partial charge in [0.05, 0.1) is 12.0 Å². The van der Waals surface area contributed by atoms with Gasteiger partial charge in [-0.15, -0.1) is 11.3 Å². The molecule has 0 unspecified atom stereocenters. The number of pyridine rings is 1. The second-order valence-corrected chi connectivity index (χ2v) is 9.50. The van der Waals surface area contributed by atoms with Crippen LogP contribution in [0.3, 0.4) is 0 Å². The Morgan fingerprint density at radius 3 is 2.83 bits per heavy atom. The molecule has 0 atom stereocenters. The Morgan fingerprint density at radius 1 is 1.17 bits per heavy atom. The summed E-state index contributed by atoms with van der Waals surface area (Å²) in [5.74, 6) is 2.40. The van der Waals surface area contributed by atoms with Crippen molar-refractivity contribution in [3.63, 3.8) is 0 Å². The van der Waals surface area contributed by atoms with Gasteiger partial charge >= 0.3 is 0 Å². The quantitative estimate of drug-likeness (QED) is 0.629. The van der Waals surface area contributed by atoms with E-state index in [4.69, 9.17) is 15.1 Å². The van der Waals surface area contributed by atoms with Crippen LogP contribution >= 0.6 is 11.3 Å². The number of anilines is 1. The fourth-order valence-electron chi connectivity index (χ4n) is 4.71. The number of rotatable bonds is 6. The molecule has 0 bridgehead atoms. The van der Waals surface area contributed by atoms with Crippen LogP contribution < -0.4 is 5.32 Å². The van der Waals surface area contributed by atoms with Crippen molar-refractivity contribution < 1.29 is 5.11 Å². The summed E-state index contributed by atoms with van der Waals surface area (Å²) in [5.41, 5.74) is 2.44. The molecule has 5 rings (SSSR count). The molecule has 0 aromatic carbocycles. The number of nitrogens with one attached hydrogen (secondary N) is 1. The van der Waals surface area contributed by atoms with E-state index in [0.717, 1.165) is 54.6 Å². The highest BCUT2D eigenvalue weighted by Crippen LogP contribution is 2.39. The van der Waals surface area contributed by atoms with Crippen molar-refractivity contribution in [2.24, 2.45) is 5.92 Å². The van der Waals surface area contributed by atoms with E-state index in [0.29, 0.717) is 5.92 Å². The van der Waals surface area contributed by atoms with E-state index in [1.54, 1.807) is 6.20 Å². The van der Waals surface area contributed by atoms with E-state index in [2.05, 4.69) is 15.2 Å². The van der Waals surface area contributed by atoms with Gasteiger partial charge in [-0.3, -0.25) is 4.98 Å². The average Bonchev–Trinajstić information content (AvgIpc) is 3.18. The van der Waals surface area contributed by atoms with Crippen LogP contribution in [0.4, 0.5) is 5.82 Å². The number of hydrogen-bond donors (Lipinski definition) is 2. The standard InChI is InChI=1S/C23H29N5OS/c29-13-12-28-10-7-16(8-11-28)14-25-22-20-18-5-1-2-6-19(18)30-23(20)27-21(26-22)17-4-3-9-24-15-17/h3-4,9,15-16,29H,1-2,5-8,10-14H2,(H,25,26,27). The number of β-amino-alcohol motifs (C(OH)–C–C–N with tert-alkyl or cyclic N) is 1. The summed E-state index contributed by atoms with van der Waals surface area (Å²) in [6.07, 6.45) is 10.8. The van der Waals surface area contributed by atoms with Crippen LogP contribution in [-0.2, 0) is 12.8 Å². The van der Waals surface area contributed by atoms with E-state index < -0.39 is 0 Å². The SMILES string of the molecule is OCCN1CCC(CNc2nc(-c3cccnc3)nc3sc4c(c23)CCCC4)CC1. The average molecular weight is 424 g/mol. The molecule has 3 aromatic heterocycles. The Labute approximate surface area is 181 Å². The topological polar surface area (TPSA) is 74.2 Å². The van der Waals surface area contributed by atoms with Gasteiger partial charge in [0.15, 0.2) is 5.82 Å². The molecule has 3 aromatic rings. The lowest BCUT2D eigenvalue weighted by Gasteiger charge is -2.31. The number of hydrogen-bond acceptors (Lipinski definition) is 7. The second-order valence-electron chi connectivity index (χ2n) is 8.42. The van der Waals surface area contributed by atoms with Gasteiger partial charge in [0.2, 0.25) is 0 Å². The van der Waals surface area contributed by atoms with E-state index in [-0.39, 0.29) is 6.61 Å². The molecular formula is C23H29N5OS. The Balaban J connectivity index is 1.43. The minimum atomic E-state index is 0.252. The maximum absolute atomic E-state index is 9.16. The van der Waals surface area contributed by atoms with Crippen LogP contribution in [-0.4, -0.2) is 57.7 Å². The molecule has 1 aliphatic heterocycles. The van der Waals surface area contributed by atoms with E-state index >= 15 is 0 Å². The first-order valence-electron chi connectivity index (χ1n) is 11.1. The van der Waals surface area contributed by atoms with Gasteiger partial charge in [0.1, 0.15) is 10.6 Å². The van der Waals surface area contributed by atoms with Gasteiger partial charge in [-0.2, -0.15) is 0 Å². The fraction of sp³-hybridized carbons (Fsp3) is 0.522. The normalized spacial score (nSPS) is 17.9. The lowest BCUT2D eigenvalue weighted by Crippen LogP contribution is -2.37. The zero-order valence-electron chi connectivity index (χ0n) is 17.3. The molecule has 30 heavy (non-hydrogen) atoms. The third kappa shape index (κ3) is 4.06. The number of aromatic nitrogens is 3. The maximum atomic E-state index is 9.16. The molecule has 1 fully saturated rings. The molecule has 1 saturated heterocycles. The van der Waals surface area contributed by atoms with Crippen LogP contribution in [0.5, 0.6) is 0 Å². The van der Waals surface area contributed by atoms with Crippen LogP contribution in [0.25, 0.3) is 21.6 Å². The number of fused-ring (bicyclic) bond motifs is 3. The van der Waals surface area contributed by atoms with Crippen molar-refractivity contribution in [3.05, 3.63) is 35.0 Å². The summed E-state index contributed by atoms with van der Waals surface area (Å²) in [5, 5.41) is 14.1. The number of thiophene rings is 1. The monoisotopic (exact) mass is 423 g/mol. The summed E-state index contributed by atoms with van der Waals surface area (Å²) >= 11 is 1.85. The second kappa shape index (κ2) is 8.96. The highest BCUT2D eigenvalue weighted by atomic mass is 32.1. The zero-order chi connectivity index (χ0) is 20.3. The fourth-order valence-corrected chi connectivity index (χ4v) is 5.97. The van der Waals surface area contributed by atoms with Crippen molar-refractivity contribution in [3.8, 4) is 11.4 Å². The molecular weight excluding hydrogens is 394 g/mol. The molecule has 0 spiro atoms. The van der Waals surface area contributed by atoms with Crippen molar-refractivity contribution in [2.75, 3.05) is 38.1 Å². The lowest BCUT2D eigenvalue weighted by atomic mass is 9.96. The first-order valence-corrected chi connectivity index (χ1v) is 11.9. The van der Waals surface area contributed by atoms with Gasteiger partial charge in [-0.25, -0.2) is 9.97 Å². The molecule has 4 heterocycles. The minimum Gasteiger partial charge on any atom is -0.395 e. The van der Waals surface area contributed by atoms with Crippen molar-refractivity contribution >= 4 is 27.4 Å². The third-order valence-corrected chi connectivity index (χ3v) is 7.60. The predicted molar refractivity (Wildman–Crippen MR) is 122 cm³/mol. The summed E-state index contributed by atoms with van der Waals surface area (Å²) in [6.45, 7) is 4.13. The van der Waals surface area contributed by atoms with Crippen LogP contribution in [0.1, 0.15) is 36.1 Å². The summed E-state index contributed by atoms with van der Waals surface area (Å²) < 4.78 is 0. The summed E-state index contributed by atoms with van der Waals surface area (Å²) in [7, 11) is 0. The molecule has 1 aliphatic carbocycles. The van der Waals surface area contributed by atoms with Crippen LogP contribution in [0, 0.1) is 5.92 Å². The zero-order valence-corrected chi connectivity index (χ0v) is 18.1. The molecule has 0 amide bonds. The van der Waals surface area contributed by atoms with Gasteiger partial charge in [-0.05, 0) is 75.2 Å². The third-order valence-electron chi connectivity index (χ3n) is 6.42. The number of aliphatic hydroxyl groups excluding tert-OH is 1. The molecule has 2 N–H and O–H groups in total. The summed E-state index contributed by atoms with van der Waals surface area (Å²) in [6, 6.07) is 3.97. The number of nitrogens with zero attached hydrogens (tertiary/aromatic N) is 4. The Kier molecular flexibility index (Phi) is 5.93. The number of aryl methyl sites for hydroxylation is 2. The van der Waals surface area contributed by atoms with E-state index in [1.807, 2.05) is 29.7 Å². The first kappa shape index (κ1) is 19.8. The van der Waals surface area contributed by atoms with Gasteiger partial charge < -0.3 is 15.3 Å². The smallest absolute Gasteiger partial charge is 0.164 e. The molecule has 6 nitrogen and oxygen atoms in total. The van der Waals surface area contributed by atoms with Gasteiger partial charge in [0, 0.05) is 35.9 Å². The number of aliphatic hydroxyl groups is 1. The van der Waals surface area contributed by atoms with E-state index in [1.165, 1.54) is 47.9 Å². The Hall–Kier alpha value is -2.09. The van der Waals surface area contributed by atoms with Crippen LogP contribution in [0.2, 0.25) is 0 Å². The molecule has 0 radical (unpaired) electrons. The summed E-state index contributed by atoms with van der Waals surface area (Å²) in [4.78, 5) is 19.1. The maximum Gasteiger partial charge on any atom is 0.164 e. The molecule has 2 aliphatic rings. The van der Waals surface area contributed by atoms with Crippen molar-refractivity contribution in [1.82, 2.24) is 19.9 Å². The minimum absolute atomic E-state index is 0.252. The molecule has 158 valence electrons. The molecule has 0 saturated carbocycles. The lowest BCUT2D eigenvalue weighted by molar-refractivity contribution is 0.151. The van der Waals surface area contributed by atoms with Crippen molar-refractivity contribution in [1.29, 1.82) is 0 Å². The predicted octanol–water partition coefficient (Wildman–Crippen LogP) is 3.75. The van der Waals surface area contributed by atoms with Gasteiger partial charge in [0.25, 0.3) is 0 Å². The van der Waals surface area contributed by atoms with Crippen LogP contribution in [0.15, 0.2) is 24.5 Å². The Morgan fingerprint density at radius 2 is 2.03 bits per heavy atom. The van der Waals surface area contributed by atoms with E-state index in [9.17, 15) is 0 Å². The largest absolute Gasteiger partial charge is 0.395 e.